The lowest BCUT2D eigenvalue weighted by Crippen LogP contribution is -2.54. The SMILES string of the molecule is C=CC(=O)N1CCN(c2nc(=O)n(-c3c(C)ccnc3C(C)C)c3c4c(c(F)cc23)-c2c(C#N)cccc2CO4)[C@@H](C)C1. The molecule has 2 aromatic carbocycles. The highest BCUT2D eigenvalue weighted by Gasteiger charge is 2.34. The summed E-state index contributed by atoms with van der Waals surface area (Å²) in [5, 5.41) is 10.3. The standard InChI is InChI=1S/C33H31FN6O3/c1-6-25(41)38-12-13-39(20(5)16-38)32-23-14-24(34)27-26-21(15-35)8-7-9-22(26)17-43-31(27)30(23)40(33(42)37-32)29-19(4)10-11-36-28(29)18(2)3/h6-11,14,18,20H,1,12-13,16-17H2,2-5H3/t20-/m0/s1. The minimum Gasteiger partial charge on any atom is -0.486 e. The van der Waals surface area contributed by atoms with E-state index in [0.717, 1.165) is 5.56 Å². The number of anilines is 1. The van der Waals surface area contributed by atoms with Crippen LogP contribution in [0.15, 0.2) is 54.0 Å². The van der Waals surface area contributed by atoms with Crippen molar-refractivity contribution < 1.29 is 13.9 Å². The minimum atomic E-state index is -0.584. The monoisotopic (exact) mass is 578 g/mol. The molecule has 6 rings (SSSR count). The maximum absolute atomic E-state index is 16.4. The van der Waals surface area contributed by atoms with E-state index in [-0.39, 0.29) is 35.8 Å². The molecule has 4 heterocycles. The lowest BCUT2D eigenvalue weighted by Gasteiger charge is -2.40. The van der Waals surface area contributed by atoms with Crippen molar-refractivity contribution in [1.82, 2.24) is 19.4 Å². The van der Waals surface area contributed by atoms with E-state index in [9.17, 15) is 14.9 Å². The molecule has 43 heavy (non-hydrogen) atoms. The van der Waals surface area contributed by atoms with Gasteiger partial charge in [0.2, 0.25) is 5.91 Å². The molecule has 0 N–H and O–H groups in total. The van der Waals surface area contributed by atoms with Gasteiger partial charge >= 0.3 is 5.69 Å². The third-order valence-electron chi connectivity index (χ3n) is 8.27. The molecule has 1 atom stereocenters. The first-order valence-corrected chi connectivity index (χ1v) is 14.2. The van der Waals surface area contributed by atoms with Crippen molar-refractivity contribution in [1.29, 1.82) is 5.26 Å². The summed E-state index contributed by atoms with van der Waals surface area (Å²) in [4.78, 5) is 39.3. The van der Waals surface area contributed by atoms with E-state index in [1.54, 1.807) is 23.2 Å². The molecule has 218 valence electrons. The number of amides is 1. The fraction of sp³-hybridized carbons (Fsp3) is 0.303. The summed E-state index contributed by atoms with van der Waals surface area (Å²) in [6.45, 7) is 12.7. The number of aromatic nitrogens is 3. The van der Waals surface area contributed by atoms with Crippen molar-refractivity contribution in [3.05, 3.63) is 87.9 Å². The second-order valence-corrected chi connectivity index (χ2v) is 11.3. The maximum atomic E-state index is 16.4. The molecular formula is C33H31FN6O3. The lowest BCUT2D eigenvalue weighted by atomic mass is 9.91. The second-order valence-electron chi connectivity index (χ2n) is 11.3. The van der Waals surface area contributed by atoms with Crippen LogP contribution >= 0.6 is 0 Å². The Morgan fingerprint density at radius 2 is 2.05 bits per heavy atom. The largest absolute Gasteiger partial charge is 0.486 e. The summed E-state index contributed by atoms with van der Waals surface area (Å²) >= 11 is 0. The van der Waals surface area contributed by atoms with E-state index in [1.807, 2.05) is 44.7 Å². The summed E-state index contributed by atoms with van der Waals surface area (Å²) in [7, 11) is 0. The number of carbonyl (C=O) groups is 1. The van der Waals surface area contributed by atoms with E-state index >= 15 is 4.39 Å². The van der Waals surface area contributed by atoms with Gasteiger partial charge in [-0.1, -0.05) is 32.6 Å². The number of ether oxygens (including phenoxy) is 1. The van der Waals surface area contributed by atoms with Gasteiger partial charge in [0.25, 0.3) is 0 Å². The van der Waals surface area contributed by atoms with E-state index < -0.39 is 11.5 Å². The molecule has 1 amide bonds. The maximum Gasteiger partial charge on any atom is 0.354 e. The van der Waals surface area contributed by atoms with Crippen molar-refractivity contribution >= 4 is 22.6 Å². The summed E-state index contributed by atoms with van der Waals surface area (Å²) in [5.41, 5.74) is 3.46. The Hall–Kier alpha value is -5.04. The third kappa shape index (κ3) is 4.43. The molecule has 4 aromatic rings. The van der Waals surface area contributed by atoms with E-state index in [2.05, 4.69) is 22.6 Å². The molecule has 0 aliphatic carbocycles. The topological polar surface area (TPSA) is 104 Å². The summed E-state index contributed by atoms with van der Waals surface area (Å²) in [6.07, 6.45) is 2.99. The van der Waals surface area contributed by atoms with Crippen LogP contribution in [0, 0.1) is 24.1 Å². The number of piperazine rings is 1. The summed E-state index contributed by atoms with van der Waals surface area (Å²) < 4.78 is 24.2. The molecule has 0 bridgehead atoms. The highest BCUT2D eigenvalue weighted by Crippen LogP contribution is 2.47. The normalized spacial score (nSPS) is 16.0. The van der Waals surface area contributed by atoms with E-state index in [0.29, 0.717) is 64.4 Å². The number of carbonyl (C=O) groups excluding carboxylic acids is 1. The first kappa shape index (κ1) is 28.1. The first-order valence-electron chi connectivity index (χ1n) is 14.2. The zero-order valence-corrected chi connectivity index (χ0v) is 24.5. The number of hydrogen-bond donors (Lipinski definition) is 0. The fourth-order valence-corrected chi connectivity index (χ4v) is 6.25. The number of pyridine rings is 1. The second kappa shape index (κ2) is 10.7. The number of fused-ring (bicyclic) bond motifs is 5. The Labute approximate surface area is 248 Å². The summed E-state index contributed by atoms with van der Waals surface area (Å²) in [5.74, 6) is -0.299. The molecule has 0 unspecified atom stereocenters. The number of nitriles is 1. The highest BCUT2D eigenvalue weighted by molar-refractivity contribution is 6.01. The van der Waals surface area contributed by atoms with Crippen LogP contribution < -0.4 is 15.3 Å². The average molecular weight is 579 g/mol. The van der Waals surface area contributed by atoms with Crippen LogP contribution in [0.25, 0.3) is 27.7 Å². The van der Waals surface area contributed by atoms with Crippen LogP contribution in [0.2, 0.25) is 0 Å². The number of rotatable bonds is 4. The highest BCUT2D eigenvalue weighted by atomic mass is 19.1. The number of aryl methyl sites for hydroxylation is 1. The first-order chi connectivity index (χ1) is 20.7. The Morgan fingerprint density at radius 1 is 1.26 bits per heavy atom. The van der Waals surface area contributed by atoms with Gasteiger partial charge in [-0.25, -0.2) is 9.18 Å². The van der Waals surface area contributed by atoms with Crippen LogP contribution in [-0.4, -0.2) is 51.0 Å². The van der Waals surface area contributed by atoms with Gasteiger partial charge in [-0.2, -0.15) is 10.2 Å². The molecule has 9 nitrogen and oxygen atoms in total. The van der Waals surface area contributed by atoms with Crippen molar-refractivity contribution in [2.75, 3.05) is 24.5 Å². The Morgan fingerprint density at radius 3 is 2.74 bits per heavy atom. The Kier molecular flexibility index (Phi) is 6.97. The smallest absolute Gasteiger partial charge is 0.354 e. The predicted molar refractivity (Wildman–Crippen MR) is 162 cm³/mol. The van der Waals surface area contributed by atoms with Gasteiger partial charge in [-0.15, -0.1) is 0 Å². The van der Waals surface area contributed by atoms with Gasteiger partial charge < -0.3 is 14.5 Å². The summed E-state index contributed by atoms with van der Waals surface area (Å²) in [6, 6.07) is 10.4. The van der Waals surface area contributed by atoms with Gasteiger partial charge in [-0.05, 0) is 55.2 Å². The average Bonchev–Trinajstić information content (AvgIpc) is 3.00. The quantitative estimate of drug-likeness (QED) is 0.314. The predicted octanol–water partition coefficient (Wildman–Crippen LogP) is 5.01. The lowest BCUT2D eigenvalue weighted by molar-refractivity contribution is -0.126. The van der Waals surface area contributed by atoms with Gasteiger partial charge in [0.15, 0.2) is 5.75 Å². The van der Waals surface area contributed by atoms with E-state index in [1.165, 1.54) is 16.7 Å². The molecular weight excluding hydrogens is 547 g/mol. The number of benzene rings is 2. The van der Waals surface area contributed by atoms with Crippen molar-refractivity contribution in [2.45, 2.75) is 46.3 Å². The molecule has 1 fully saturated rings. The van der Waals surface area contributed by atoms with Gasteiger partial charge in [0, 0.05) is 42.8 Å². The molecule has 0 radical (unpaired) electrons. The number of halogens is 1. The molecule has 10 heteroatoms. The van der Waals surface area contributed by atoms with Crippen LogP contribution in [0.5, 0.6) is 5.75 Å². The molecule has 0 spiro atoms. The molecule has 2 aliphatic heterocycles. The number of hydrogen-bond acceptors (Lipinski definition) is 7. The Balaban J connectivity index is 1.71. The van der Waals surface area contributed by atoms with Crippen LogP contribution in [-0.2, 0) is 11.4 Å². The van der Waals surface area contributed by atoms with Gasteiger partial charge in [0.1, 0.15) is 23.8 Å². The zero-order valence-electron chi connectivity index (χ0n) is 24.5. The zero-order chi connectivity index (χ0) is 30.6. The molecule has 0 saturated carbocycles. The molecule has 2 aliphatic rings. The van der Waals surface area contributed by atoms with Crippen molar-refractivity contribution in [2.24, 2.45) is 0 Å². The van der Waals surface area contributed by atoms with Crippen LogP contribution in [0.4, 0.5) is 10.2 Å². The van der Waals surface area contributed by atoms with Crippen molar-refractivity contribution in [3.63, 3.8) is 0 Å². The van der Waals surface area contributed by atoms with Gasteiger partial charge in [-0.3, -0.25) is 14.3 Å². The van der Waals surface area contributed by atoms with Crippen LogP contribution in [0.1, 0.15) is 49.1 Å². The minimum absolute atomic E-state index is 0.0323. The van der Waals surface area contributed by atoms with Crippen molar-refractivity contribution in [3.8, 4) is 28.6 Å². The van der Waals surface area contributed by atoms with E-state index in [4.69, 9.17) is 4.74 Å². The third-order valence-corrected chi connectivity index (χ3v) is 8.27. The fourth-order valence-electron chi connectivity index (χ4n) is 6.25. The van der Waals surface area contributed by atoms with Crippen LogP contribution in [0.3, 0.4) is 0 Å². The van der Waals surface area contributed by atoms with Gasteiger partial charge in [0.05, 0.1) is 28.6 Å². The number of nitrogens with zero attached hydrogens (tertiary/aromatic N) is 6. The molecule has 1 saturated heterocycles. The molecule has 2 aromatic heterocycles. The Bertz CT molecular complexity index is 1930.